The summed E-state index contributed by atoms with van der Waals surface area (Å²) in [6.45, 7) is 6.21. The molecule has 5 heterocycles. The van der Waals surface area contributed by atoms with Gasteiger partial charge in [0.05, 0.1) is 42.5 Å². The third-order valence-corrected chi connectivity index (χ3v) is 11.7. The highest BCUT2D eigenvalue weighted by Crippen LogP contribution is 2.43. The standard InChI is InChI=1S/C40H50F3N11O5/c1-4-52-23-40(42,43)38(58)50(2)31-22-45-39(49-36(31)52)47-28-7-6-26(35(44)56)33(34(28)59-3)54-15-12-24(13-16-54)11-14-51-17-19-53(20-18-51)30-9-5-25(21-27(30)41)46-29-8-10-32(55)48-37(29)57/h5-7,9,21-22,24,29,46H,4,8,10-20,23H2,1-3H3,(H2,44,56)(H,45,47,49)(H,48,55,57). The van der Waals surface area contributed by atoms with Gasteiger partial charge in [-0.1, -0.05) is 0 Å². The summed E-state index contributed by atoms with van der Waals surface area (Å²) in [4.78, 5) is 66.3. The van der Waals surface area contributed by atoms with Crippen molar-refractivity contribution in [1.29, 1.82) is 0 Å². The number of carbonyl (C=O) groups is 4. The van der Waals surface area contributed by atoms with Crippen molar-refractivity contribution in [2.75, 3.05) is 103 Å². The third kappa shape index (κ3) is 8.79. The minimum absolute atomic E-state index is 0.0891. The van der Waals surface area contributed by atoms with Crippen LogP contribution in [0.2, 0.25) is 0 Å². The van der Waals surface area contributed by atoms with Crippen LogP contribution in [0.25, 0.3) is 0 Å². The molecular formula is C40H50F3N11O5. The van der Waals surface area contributed by atoms with Crippen molar-refractivity contribution in [3.8, 4) is 5.75 Å². The molecular weight excluding hydrogens is 772 g/mol. The number of benzene rings is 2. The zero-order valence-electron chi connectivity index (χ0n) is 33.4. The number of rotatable bonds is 12. The molecule has 2 aromatic carbocycles. The first kappa shape index (κ1) is 41.3. The number of nitrogens with zero attached hydrogens (tertiary/aromatic N) is 7. The van der Waals surface area contributed by atoms with Gasteiger partial charge in [-0.2, -0.15) is 13.8 Å². The Balaban J connectivity index is 0.947. The van der Waals surface area contributed by atoms with Gasteiger partial charge in [0.2, 0.25) is 17.8 Å². The predicted octanol–water partition coefficient (Wildman–Crippen LogP) is 3.55. The predicted molar refractivity (Wildman–Crippen MR) is 217 cm³/mol. The monoisotopic (exact) mass is 821 g/mol. The van der Waals surface area contributed by atoms with E-state index in [1.807, 2.05) is 4.90 Å². The Labute approximate surface area is 340 Å². The normalized spacial score (nSPS) is 20.2. The second-order valence-corrected chi connectivity index (χ2v) is 15.4. The number of nitrogens with one attached hydrogen (secondary N) is 3. The molecule has 3 fully saturated rings. The second kappa shape index (κ2) is 17.2. The van der Waals surface area contributed by atoms with E-state index in [2.05, 4.69) is 35.7 Å². The number of methoxy groups -OCH3 is 1. The van der Waals surface area contributed by atoms with E-state index < -0.39 is 36.2 Å². The molecule has 0 saturated carbocycles. The van der Waals surface area contributed by atoms with Gasteiger partial charge >= 0.3 is 5.92 Å². The number of aromatic nitrogens is 2. The maximum Gasteiger partial charge on any atom is 0.342 e. The number of primary amides is 1. The van der Waals surface area contributed by atoms with Gasteiger partial charge < -0.3 is 40.7 Å². The smallest absolute Gasteiger partial charge is 0.342 e. The summed E-state index contributed by atoms with van der Waals surface area (Å²) in [5, 5.41) is 8.47. The van der Waals surface area contributed by atoms with E-state index >= 15 is 4.39 Å². The van der Waals surface area contributed by atoms with Crippen LogP contribution < -0.4 is 46.0 Å². The van der Waals surface area contributed by atoms with E-state index in [1.54, 1.807) is 31.2 Å². The average molecular weight is 822 g/mol. The maximum atomic E-state index is 15.2. The van der Waals surface area contributed by atoms with E-state index in [9.17, 15) is 28.0 Å². The number of hydrogen-bond donors (Lipinski definition) is 4. The van der Waals surface area contributed by atoms with Gasteiger partial charge in [-0.15, -0.1) is 0 Å². The summed E-state index contributed by atoms with van der Waals surface area (Å²) in [6, 6.07) is 7.55. The first-order valence-corrected chi connectivity index (χ1v) is 19.9. The summed E-state index contributed by atoms with van der Waals surface area (Å²) in [5.74, 6) is -5.56. The largest absolute Gasteiger partial charge is 0.492 e. The van der Waals surface area contributed by atoms with Crippen LogP contribution in [0.4, 0.5) is 53.4 Å². The molecule has 4 aliphatic heterocycles. The molecule has 1 unspecified atom stereocenters. The molecule has 0 radical (unpaired) electrons. The Kier molecular flexibility index (Phi) is 12.0. The fraction of sp³-hybridized carbons (Fsp3) is 0.500. The molecule has 3 aromatic rings. The fourth-order valence-corrected chi connectivity index (χ4v) is 8.31. The van der Waals surface area contributed by atoms with E-state index in [4.69, 9.17) is 10.5 Å². The number of nitrogens with two attached hydrogens (primary N) is 1. The van der Waals surface area contributed by atoms with Gasteiger partial charge in [0.25, 0.3) is 11.8 Å². The molecule has 1 atom stereocenters. The van der Waals surface area contributed by atoms with Gasteiger partial charge in [-0.3, -0.25) is 29.4 Å². The summed E-state index contributed by atoms with van der Waals surface area (Å²) >= 11 is 0. The number of piperazine rings is 1. The van der Waals surface area contributed by atoms with Crippen molar-refractivity contribution in [3.63, 3.8) is 0 Å². The number of halogens is 3. The molecule has 4 aliphatic rings. The molecule has 316 valence electrons. The van der Waals surface area contributed by atoms with Gasteiger partial charge in [0.1, 0.15) is 17.5 Å². The number of anilines is 7. The molecule has 59 heavy (non-hydrogen) atoms. The lowest BCUT2D eigenvalue weighted by atomic mass is 9.92. The molecule has 0 aliphatic carbocycles. The highest BCUT2D eigenvalue weighted by molar-refractivity contribution is 6.03. The number of hydrogen-bond acceptors (Lipinski definition) is 13. The lowest BCUT2D eigenvalue weighted by molar-refractivity contribution is -0.140. The number of amides is 4. The molecule has 5 N–H and O–H groups in total. The molecule has 0 spiro atoms. The van der Waals surface area contributed by atoms with Crippen molar-refractivity contribution >= 4 is 63.8 Å². The Morgan fingerprint density at radius 3 is 2.42 bits per heavy atom. The van der Waals surface area contributed by atoms with E-state index in [1.165, 1.54) is 31.3 Å². The van der Waals surface area contributed by atoms with Crippen molar-refractivity contribution in [1.82, 2.24) is 20.2 Å². The summed E-state index contributed by atoms with van der Waals surface area (Å²) in [7, 11) is 2.76. The number of fused-ring (bicyclic) bond motifs is 1. The minimum Gasteiger partial charge on any atom is -0.492 e. The van der Waals surface area contributed by atoms with Gasteiger partial charge in [0.15, 0.2) is 11.6 Å². The van der Waals surface area contributed by atoms with Crippen LogP contribution in [-0.4, -0.2) is 124 Å². The molecule has 1 aromatic heterocycles. The summed E-state index contributed by atoms with van der Waals surface area (Å²) in [6.07, 6.45) is 4.67. The Morgan fingerprint density at radius 2 is 1.76 bits per heavy atom. The van der Waals surface area contributed by atoms with Crippen LogP contribution in [0.5, 0.6) is 5.75 Å². The third-order valence-electron chi connectivity index (χ3n) is 11.7. The SMILES string of the molecule is CCN1CC(F)(F)C(=O)N(C)c2cnc(Nc3ccc(C(N)=O)c(N4CCC(CCN5CCN(c6ccc(NC7CCC(=O)NC7=O)cc6F)CC5)CC4)c3OC)nc21. The molecule has 4 amide bonds. The van der Waals surface area contributed by atoms with Crippen LogP contribution in [0.3, 0.4) is 0 Å². The fourth-order valence-electron chi connectivity index (χ4n) is 8.31. The van der Waals surface area contributed by atoms with Gasteiger partial charge in [-0.25, -0.2) is 9.37 Å². The Bertz CT molecular complexity index is 2090. The summed E-state index contributed by atoms with van der Waals surface area (Å²) in [5.41, 5.74) is 8.30. The highest BCUT2D eigenvalue weighted by Gasteiger charge is 2.47. The first-order chi connectivity index (χ1) is 28.3. The maximum absolute atomic E-state index is 15.2. The van der Waals surface area contributed by atoms with E-state index in [0.717, 1.165) is 43.8 Å². The van der Waals surface area contributed by atoms with E-state index in [-0.39, 0.29) is 42.1 Å². The zero-order valence-corrected chi connectivity index (χ0v) is 33.4. The van der Waals surface area contributed by atoms with Crippen molar-refractivity contribution in [2.24, 2.45) is 11.7 Å². The van der Waals surface area contributed by atoms with Crippen LogP contribution in [0.1, 0.15) is 49.4 Å². The average Bonchev–Trinajstić information content (AvgIpc) is 3.29. The lowest BCUT2D eigenvalue weighted by Gasteiger charge is -2.38. The number of piperidine rings is 2. The van der Waals surface area contributed by atoms with Crippen molar-refractivity contribution in [2.45, 2.75) is 51.0 Å². The number of ether oxygens (including phenoxy) is 1. The highest BCUT2D eigenvalue weighted by atomic mass is 19.3. The molecule has 19 heteroatoms. The van der Waals surface area contributed by atoms with E-state index in [0.29, 0.717) is 72.6 Å². The molecule has 0 bridgehead atoms. The van der Waals surface area contributed by atoms with Crippen molar-refractivity contribution < 1.29 is 37.1 Å². The quantitative estimate of drug-likeness (QED) is 0.195. The van der Waals surface area contributed by atoms with Crippen LogP contribution in [0.15, 0.2) is 36.5 Å². The Hall–Kier alpha value is -5.85. The van der Waals surface area contributed by atoms with Crippen LogP contribution in [-0.2, 0) is 14.4 Å². The number of carbonyl (C=O) groups excluding carboxylic acids is 4. The van der Waals surface area contributed by atoms with Crippen molar-refractivity contribution in [3.05, 3.63) is 47.9 Å². The van der Waals surface area contributed by atoms with Gasteiger partial charge in [-0.05, 0) is 75.4 Å². The molecule has 16 nitrogen and oxygen atoms in total. The minimum atomic E-state index is -3.61. The zero-order chi connectivity index (χ0) is 42.0. The molecule has 7 rings (SSSR count). The topological polar surface area (TPSA) is 182 Å². The first-order valence-electron chi connectivity index (χ1n) is 19.9. The summed E-state index contributed by atoms with van der Waals surface area (Å²) < 4.78 is 50.5. The second-order valence-electron chi connectivity index (χ2n) is 15.4. The Morgan fingerprint density at radius 1 is 1.02 bits per heavy atom. The molecule has 3 saturated heterocycles. The van der Waals surface area contributed by atoms with Crippen LogP contribution in [0, 0.1) is 11.7 Å². The van der Waals surface area contributed by atoms with Gasteiger partial charge in [0, 0.05) is 65.0 Å². The van der Waals surface area contributed by atoms with Crippen LogP contribution >= 0.6 is 0 Å². The number of alkyl halides is 2. The number of imide groups is 1. The lowest BCUT2D eigenvalue weighted by Crippen LogP contribution is -2.47.